The summed E-state index contributed by atoms with van der Waals surface area (Å²) in [7, 11) is 1.95. The molecule has 0 saturated heterocycles. The quantitative estimate of drug-likeness (QED) is 0.821. The van der Waals surface area contributed by atoms with E-state index in [1.807, 2.05) is 7.05 Å². The molecule has 2 rings (SSSR count). The van der Waals surface area contributed by atoms with E-state index in [0.29, 0.717) is 24.0 Å². The average Bonchev–Trinajstić information content (AvgIpc) is 2.87. The number of nitrogen functional groups attached to an aromatic ring is 1. The molecule has 1 aliphatic rings. The largest absolute Gasteiger partial charge is 0.397 e. The SMILES string of the molecule is CN(CC(=O)Nc1cc(F)ccc1N)C1CCCC1. The molecule has 4 nitrogen and oxygen atoms in total. The van der Waals surface area contributed by atoms with Gasteiger partial charge in [0, 0.05) is 6.04 Å². The molecule has 0 radical (unpaired) electrons. The lowest BCUT2D eigenvalue weighted by molar-refractivity contribution is -0.117. The predicted molar refractivity (Wildman–Crippen MR) is 74.3 cm³/mol. The molecule has 1 saturated carbocycles. The summed E-state index contributed by atoms with van der Waals surface area (Å²) >= 11 is 0. The number of likely N-dealkylation sites (N-methyl/N-ethyl adjacent to an activating group) is 1. The Bertz CT molecular complexity index is 458. The molecule has 1 amide bonds. The topological polar surface area (TPSA) is 58.4 Å². The zero-order chi connectivity index (χ0) is 13.8. The molecular formula is C14H20FN3O. The Balaban J connectivity index is 1.91. The van der Waals surface area contributed by atoms with E-state index in [1.165, 1.54) is 31.0 Å². The standard InChI is InChI=1S/C14H20FN3O/c1-18(11-4-2-3-5-11)9-14(19)17-13-8-10(15)6-7-12(13)16/h6-8,11H,2-5,9,16H2,1H3,(H,17,19). The minimum Gasteiger partial charge on any atom is -0.397 e. The summed E-state index contributed by atoms with van der Waals surface area (Å²) in [4.78, 5) is 14.0. The minimum absolute atomic E-state index is 0.160. The van der Waals surface area contributed by atoms with Crippen molar-refractivity contribution in [2.75, 3.05) is 24.6 Å². The van der Waals surface area contributed by atoms with E-state index in [-0.39, 0.29) is 5.91 Å². The second-order valence-electron chi connectivity index (χ2n) is 5.13. The van der Waals surface area contributed by atoms with Gasteiger partial charge in [0.1, 0.15) is 5.82 Å². The van der Waals surface area contributed by atoms with Crippen LogP contribution in [0.5, 0.6) is 0 Å². The average molecular weight is 265 g/mol. The van der Waals surface area contributed by atoms with Crippen molar-refractivity contribution in [2.45, 2.75) is 31.7 Å². The smallest absolute Gasteiger partial charge is 0.238 e. The summed E-state index contributed by atoms with van der Waals surface area (Å²) in [5.41, 5.74) is 6.41. The van der Waals surface area contributed by atoms with Crippen molar-refractivity contribution < 1.29 is 9.18 Å². The third-order valence-electron chi connectivity index (χ3n) is 3.63. The Hall–Kier alpha value is -1.62. The summed E-state index contributed by atoms with van der Waals surface area (Å²) in [5, 5.41) is 2.66. The first-order chi connectivity index (χ1) is 9.06. The Morgan fingerprint density at radius 1 is 1.47 bits per heavy atom. The van der Waals surface area contributed by atoms with E-state index in [2.05, 4.69) is 10.2 Å². The maximum atomic E-state index is 13.1. The third kappa shape index (κ3) is 3.67. The van der Waals surface area contributed by atoms with E-state index in [1.54, 1.807) is 0 Å². The van der Waals surface area contributed by atoms with Crippen LogP contribution >= 0.6 is 0 Å². The predicted octanol–water partition coefficient (Wildman–Crippen LogP) is 2.22. The summed E-state index contributed by atoms with van der Waals surface area (Å²) in [6.45, 7) is 0.306. The first kappa shape index (κ1) is 13.8. The van der Waals surface area contributed by atoms with Crippen LogP contribution in [0.25, 0.3) is 0 Å². The van der Waals surface area contributed by atoms with Gasteiger partial charge in [-0.25, -0.2) is 4.39 Å². The van der Waals surface area contributed by atoms with Crippen molar-refractivity contribution in [1.82, 2.24) is 4.90 Å². The molecule has 0 spiro atoms. The normalized spacial score (nSPS) is 15.9. The molecule has 1 aromatic carbocycles. The van der Waals surface area contributed by atoms with Crippen LogP contribution < -0.4 is 11.1 Å². The van der Waals surface area contributed by atoms with Crippen LogP contribution in [0.4, 0.5) is 15.8 Å². The number of rotatable bonds is 4. The fraction of sp³-hybridized carbons (Fsp3) is 0.500. The number of hydrogen-bond donors (Lipinski definition) is 2. The molecule has 1 aliphatic carbocycles. The Labute approximate surface area is 112 Å². The lowest BCUT2D eigenvalue weighted by Crippen LogP contribution is -2.36. The molecule has 19 heavy (non-hydrogen) atoms. The number of nitrogens with one attached hydrogen (secondary N) is 1. The van der Waals surface area contributed by atoms with Gasteiger partial charge in [-0.15, -0.1) is 0 Å². The molecule has 0 bridgehead atoms. The highest BCUT2D eigenvalue weighted by molar-refractivity contribution is 5.95. The van der Waals surface area contributed by atoms with Crippen molar-refractivity contribution in [3.8, 4) is 0 Å². The first-order valence-electron chi connectivity index (χ1n) is 6.61. The number of anilines is 2. The van der Waals surface area contributed by atoms with Crippen LogP contribution in [-0.4, -0.2) is 30.4 Å². The van der Waals surface area contributed by atoms with E-state index in [4.69, 9.17) is 5.73 Å². The Kier molecular flexibility index (Phi) is 4.37. The van der Waals surface area contributed by atoms with Gasteiger partial charge in [-0.05, 0) is 38.1 Å². The van der Waals surface area contributed by atoms with Gasteiger partial charge in [-0.3, -0.25) is 9.69 Å². The van der Waals surface area contributed by atoms with Gasteiger partial charge in [0.2, 0.25) is 5.91 Å². The van der Waals surface area contributed by atoms with Gasteiger partial charge in [0.25, 0.3) is 0 Å². The van der Waals surface area contributed by atoms with Crippen LogP contribution in [0.1, 0.15) is 25.7 Å². The van der Waals surface area contributed by atoms with Gasteiger partial charge in [0.15, 0.2) is 0 Å². The lowest BCUT2D eigenvalue weighted by Gasteiger charge is -2.23. The molecule has 0 aromatic heterocycles. The fourth-order valence-corrected chi connectivity index (χ4v) is 2.53. The van der Waals surface area contributed by atoms with Crippen LogP contribution in [-0.2, 0) is 4.79 Å². The number of carbonyl (C=O) groups is 1. The number of benzene rings is 1. The summed E-state index contributed by atoms with van der Waals surface area (Å²) in [6.07, 6.45) is 4.75. The van der Waals surface area contributed by atoms with Gasteiger partial charge in [-0.2, -0.15) is 0 Å². The highest BCUT2D eigenvalue weighted by Gasteiger charge is 2.21. The number of amides is 1. The molecular weight excluding hydrogens is 245 g/mol. The molecule has 0 unspecified atom stereocenters. The molecule has 5 heteroatoms. The zero-order valence-electron chi connectivity index (χ0n) is 11.2. The molecule has 0 heterocycles. The van der Waals surface area contributed by atoms with Crippen LogP contribution in [0.15, 0.2) is 18.2 Å². The maximum Gasteiger partial charge on any atom is 0.238 e. The fourth-order valence-electron chi connectivity index (χ4n) is 2.53. The molecule has 0 aliphatic heterocycles. The van der Waals surface area contributed by atoms with Crippen molar-refractivity contribution in [1.29, 1.82) is 0 Å². The molecule has 1 aromatic rings. The number of carbonyl (C=O) groups excluding carboxylic acids is 1. The molecule has 0 atom stereocenters. The first-order valence-corrected chi connectivity index (χ1v) is 6.61. The number of nitrogens with zero attached hydrogens (tertiary/aromatic N) is 1. The Morgan fingerprint density at radius 3 is 2.84 bits per heavy atom. The lowest BCUT2D eigenvalue weighted by atomic mass is 10.2. The van der Waals surface area contributed by atoms with E-state index in [9.17, 15) is 9.18 Å². The van der Waals surface area contributed by atoms with Gasteiger partial charge in [0.05, 0.1) is 17.9 Å². The van der Waals surface area contributed by atoms with Crippen LogP contribution in [0.3, 0.4) is 0 Å². The third-order valence-corrected chi connectivity index (χ3v) is 3.63. The molecule has 1 fully saturated rings. The second-order valence-corrected chi connectivity index (χ2v) is 5.13. The number of nitrogens with two attached hydrogens (primary N) is 1. The van der Waals surface area contributed by atoms with Crippen molar-refractivity contribution in [3.63, 3.8) is 0 Å². The maximum absolute atomic E-state index is 13.1. The van der Waals surface area contributed by atoms with E-state index in [0.717, 1.165) is 12.8 Å². The van der Waals surface area contributed by atoms with Crippen LogP contribution in [0, 0.1) is 5.82 Å². The van der Waals surface area contributed by atoms with Crippen molar-refractivity contribution >= 4 is 17.3 Å². The molecule has 3 N–H and O–H groups in total. The van der Waals surface area contributed by atoms with E-state index >= 15 is 0 Å². The summed E-state index contributed by atoms with van der Waals surface area (Å²) in [6, 6.07) is 4.44. The van der Waals surface area contributed by atoms with Gasteiger partial charge >= 0.3 is 0 Å². The molecule has 104 valence electrons. The minimum atomic E-state index is -0.409. The van der Waals surface area contributed by atoms with Gasteiger partial charge in [-0.1, -0.05) is 12.8 Å². The van der Waals surface area contributed by atoms with Crippen LogP contribution in [0.2, 0.25) is 0 Å². The second kappa shape index (κ2) is 6.02. The summed E-state index contributed by atoms with van der Waals surface area (Å²) < 4.78 is 13.1. The highest BCUT2D eigenvalue weighted by atomic mass is 19.1. The monoisotopic (exact) mass is 265 g/mol. The highest BCUT2D eigenvalue weighted by Crippen LogP contribution is 2.23. The van der Waals surface area contributed by atoms with Crippen molar-refractivity contribution in [3.05, 3.63) is 24.0 Å². The van der Waals surface area contributed by atoms with Crippen molar-refractivity contribution in [2.24, 2.45) is 0 Å². The Morgan fingerprint density at radius 2 is 2.16 bits per heavy atom. The van der Waals surface area contributed by atoms with E-state index < -0.39 is 5.82 Å². The summed E-state index contributed by atoms with van der Waals surface area (Å²) in [5.74, 6) is -0.569. The zero-order valence-corrected chi connectivity index (χ0v) is 11.2. The van der Waals surface area contributed by atoms with Gasteiger partial charge < -0.3 is 11.1 Å². The number of hydrogen-bond acceptors (Lipinski definition) is 3. The number of halogens is 1.